The molecule has 0 saturated heterocycles. The molecule has 0 amide bonds. The van der Waals surface area contributed by atoms with Crippen molar-refractivity contribution in [1.29, 1.82) is 0 Å². The van der Waals surface area contributed by atoms with Crippen molar-refractivity contribution in [2.24, 2.45) is 4.99 Å². The maximum absolute atomic E-state index is 12.5. The lowest BCUT2D eigenvalue weighted by Gasteiger charge is -2.09. The lowest BCUT2D eigenvalue weighted by molar-refractivity contribution is -0.140. The van der Waals surface area contributed by atoms with Gasteiger partial charge in [-0.1, -0.05) is 6.07 Å². The molecule has 0 spiro atoms. The van der Waals surface area contributed by atoms with Crippen LogP contribution >= 0.6 is 46.7 Å². The monoisotopic (exact) mass is 476 g/mol. The Morgan fingerprint density at radius 1 is 1.30 bits per heavy atom. The molecule has 4 nitrogen and oxygen atoms in total. The van der Waals surface area contributed by atoms with E-state index in [-0.39, 0.29) is 30.5 Å². The van der Waals surface area contributed by atoms with E-state index in [1.807, 2.05) is 24.4 Å². The molecule has 0 saturated carbocycles. The largest absolute Gasteiger partial charge is 0.434 e. The Hall–Kier alpha value is -0.880. The van der Waals surface area contributed by atoms with Crippen molar-refractivity contribution >= 4 is 52.6 Å². The predicted molar refractivity (Wildman–Crippen MR) is 98.5 cm³/mol. The lowest BCUT2D eigenvalue weighted by atomic mass is 10.5. The van der Waals surface area contributed by atoms with E-state index in [4.69, 9.17) is 0 Å². The van der Waals surface area contributed by atoms with Crippen molar-refractivity contribution < 1.29 is 13.2 Å². The standard InChI is InChI=1S/C13H15F3N4S2.HI/c1-2-17-12(18-6-9-4-3-5-21-9)19-7-11-20-10(8-22-11)13(14,15)16;/h3-5,8H,2,6-7H2,1H3,(H2,17,18,19);1H. The van der Waals surface area contributed by atoms with E-state index in [1.165, 1.54) is 0 Å². The van der Waals surface area contributed by atoms with Gasteiger partial charge in [0.1, 0.15) is 5.01 Å². The van der Waals surface area contributed by atoms with Crippen molar-refractivity contribution in [3.05, 3.63) is 38.5 Å². The Labute approximate surface area is 157 Å². The molecule has 2 N–H and O–H groups in total. The first-order chi connectivity index (χ1) is 10.5. The van der Waals surface area contributed by atoms with E-state index >= 15 is 0 Å². The highest BCUT2D eigenvalue weighted by molar-refractivity contribution is 14.0. The number of aromatic nitrogens is 1. The second kappa shape index (κ2) is 9.42. The first-order valence-electron chi connectivity index (χ1n) is 6.55. The van der Waals surface area contributed by atoms with Gasteiger partial charge in [0.2, 0.25) is 0 Å². The molecule has 0 bridgehead atoms. The van der Waals surface area contributed by atoms with Gasteiger partial charge in [-0.25, -0.2) is 9.98 Å². The zero-order valence-corrected chi connectivity index (χ0v) is 16.1. The average Bonchev–Trinajstić information content (AvgIpc) is 3.12. The summed E-state index contributed by atoms with van der Waals surface area (Å²) in [6.07, 6.45) is -4.40. The smallest absolute Gasteiger partial charge is 0.357 e. The van der Waals surface area contributed by atoms with Crippen molar-refractivity contribution in [2.75, 3.05) is 6.54 Å². The van der Waals surface area contributed by atoms with Gasteiger partial charge in [0.15, 0.2) is 11.7 Å². The zero-order chi connectivity index (χ0) is 16.0. The molecule has 0 fully saturated rings. The summed E-state index contributed by atoms with van der Waals surface area (Å²) in [7, 11) is 0. The van der Waals surface area contributed by atoms with E-state index in [0.717, 1.165) is 21.6 Å². The molecule has 10 heteroatoms. The van der Waals surface area contributed by atoms with Gasteiger partial charge < -0.3 is 10.6 Å². The third-order valence-electron chi connectivity index (χ3n) is 2.57. The van der Waals surface area contributed by atoms with Crippen molar-refractivity contribution in [2.45, 2.75) is 26.2 Å². The van der Waals surface area contributed by atoms with E-state index < -0.39 is 11.9 Å². The van der Waals surface area contributed by atoms with Gasteiger partial charge in [-0.2, -0.15) is 13.2 Å². The summed E-state index contributed by atoms with van der Waals surface area (Å²) in [6, 6.07) is 3.93. The molecule has 2 heterocycles. The van der Waals surface area contributed by atoms with Crippen LogP contribution in [-0.4, -0.2) is 17.5 Å². The Bertz CT molecular complexity index is 611. The summed E-state index contributed by atoms with van der Waals surface area (Å²) in [5.41, 5.74) is -0.852. The molecule has 0 atom stereocenters. The van der Waals surface area contributed by atoms with Crippen LogP contribution in [0.4, 0.5) is 13.2 Å². The maximum atomic E-state index is 12.5. The van der Waals surface area contributed by atoms with Gasteiger partial charge in [0, 0.05) is 16.8 Å². The number of nitrogens with zero attached hydrogens (tertiary/aromatic N) is 2. The van der Waals surface area contributed by atoms with Crippen LogP contribution < -0.4 is 10.6 Å². The molecule has 0 aliphatic rings. The van der Waals surface area contributed by atoms with Crippen LogP contribution in [0.3, 0.4) is 0 Å². The maximum Gasteiger partial charge on any atom is 0.434 e. The van der Waals surface area contributed by atoms with Crippen molar-refractivity contribution in [1.82, 2.24) is 15.6 Å². The second-order valence-corrected chi connectivity index (χ2v) is 6.23. The van der Waals surface area contributed by atoms with E-state index in [2.05, 4.69) is 20.6 Å². The summed E-state index contributed by atoms with van der Waals surface area (Å²) in [6.45, 7) is 3.32. The van der Waals surface area contributed by atoms with Crippen LogP contribution in [0.25, 0.3) is 0 Å². The summed E-state index contributed by atoms with van der Waals surface area (Å²) in [4.78, 5) is 9.08. The number of thiophene rings is 1. The number of alkyl halides is 3. The highest BCUT2D eigenvalue weighted by atomic mass is 127. The number of hydrogen-bond donors (Lipinski definition) is 2. The van der Waals surface area contributed by atoms with Gasteiger partial charge in [0.25, 0.3) is 0 Å². The highest BCUT2D eigenvalue weighted by Crippen LogP contribution is 2.29. The normalized spacial score (nSPS) is 11.9. The Morgan fingerprint density at radius 3 is 2.65 bits per heavy atom. The number of hydrogen-bond acceptors (Lipinski definition) is 4. The minimum Gasteiger partial charge on any atom is -0.357 e. The quantitative estimate of drug-likeness (QED) is 0.388. The van der Waals surface area contributed by atoms with Crippen LogP contribution in [-0.2, 0) is 19.3 Å². The van der Waals surface area contributed by atoms with Crippen LogP contribution in [0.15, 0.2) is 27.9 Å². The molecule has 2 aromatic rings. The molecule has 0 radical (unpaired) electrons. The number of aliphatic imine (C=N–C) groups is 1. The van der Waals surface area contributed by atoms with Crippen molar-refractivity contribution in [3.8, 4) is 0 Å². The molecule has 0 aliphatic heterocycles. The van der Waals surface area contributed by atoms with Gasteiger partial charge in [-0.3, -0.25) is 0 Å². The molecule has 2 rings (SSSR count). The third kappa shape index (κ3) is 6.63. The van der Waals surface area contributed by atoms with Gasteiger partial charge in [-0.05, 0) is 18.4 Å². The molecule has 2 aromatic heterocycles. The van der Waals surface area contributed by atoms with Gasteiger partial charge >= 0.3 is 6.18 Å². The van der Waals surface area contributed by atoms with Crippen LogP contribution in [0.2, 0.25) is 0 Å². The van der Waals surface area contributed by atoms with Crippen LogP contribution in [0.5, 0.6) is 0 Å². The Kier molecular flexibility index (Phi) is 8.26. The number of nitrogens with one attached hydrogen (secondary N) is 2. The SMILES string of the molecule is CCNC(=NCc1cccs1)NCc1nc(C(F)(F)F)cs1.I. The van der Waals surface area contributed by atoms with E-state index in [0.29, 0.717) is 24.1 Å². The number of halogens is 4. The molecule has 23 heavy (non-hydrogen) atoms. The fourth-order valence-corrected chi connectivity index (χ4v) is 2.95. The molecule has 0 aromatic carbocycles. The first kappa shape index (κ1) is 20.2. The van der Waals surface area contributed by atoms with Crippen LogP contribution in [0.1, 0.15) is 22.5 Å². The fourth-order valence-electron chi connectivity index (χ4n) is 1.58. The highest BCUT2D eigenvalue weighted by Gasteiger charge is 2.33. The lowest BCUT2D eigenvalue weighted by Crippen LogP contribution is -2.36. The summed E-state index contributed by atoms with van der Waals surface area (Å²) in [5, 5.41) is 9.40. The number of rotatable bonds is 5. The molecular weight excluding hydrogens is 460 g/mol. The number of guanidine groups is 1. The summed E-state index contributed by atoms with van der Waals surface area (Å²) in [5.74, 6) is 0.555. The summed E-state index contributed by atoms with van der Waals surface area (Å²) >= 11 is 2.58. The zero-order valence-electron chi connectivity index (χ0n) is 12.2. The topological polar surface area (TPSA) is 49.3 Å². The summed E-state index contributed by atoms with van der Waals surface area (Å²) < 4.78 is 37.5. The molecule has 0 aliphatic carbocycles. The molecule has 0 unspecified atom stereocenters. The predicted octanol–water partition coefficient (Wildman–Crippen LogP) is 4.10. The first-order valence-corrected chi connectivity index (χ1v) is 8.31. The van der Waals surface area contributed by atoms with Crippen molar-refractivity contribution in [3.63, 3.8) is 0 Å². The Balaban J connectivity index is 0.00000264. The van der Waals surface area contributed by atoms with E-state index in [9.17, 15) is 13.2 Å². The molecule has 128 valence electrons. The third-order valence-corrected chi connectivity index (χ3v) is 4.28. The minimum absolute atomic E-state index is 0. The van der Waals surface area contributed by atoms with Gasteiger partial charge in [-0.15, -0.1) is 46.7 Å². The average molecular weight is 476 g/mol. The van der Waals surface area contributed by atoms with E-state index in [1.54, 1.807) is 11.3 Å². The van der Waals surface area contributed by atoms with Gasteiger partial charge in [0.05, 0.1) is 13.1 Å². The number of thiazole rings is 1. The second-order valence-electron chi connectivity index (χ2n) is 4.25. The minimum atomic E-state index is -4.40. The Morgan fingerprint density at radius 2 is 2.09 bits per heavy atom. The van der Waals surface area contributed by atoms with Crippen LogP contribution in [0, 0.1) is 0 Å². The fraction of sp³-hybridized carbons (Fsp3) is 0.385. The molecular formula is C13H16F3IN4S2.